The van der Waals surface area contributed by atoms with Gasteiger partial charge in [0.1, 0.15) is 6.61 Å². The molecular formula is C25H31F3N2O3S. The van der Waals surface area contributed by atoms with Crippen LogP contribution in [0.4, 0.5) is 13.2 Å². The van der Waals surface area contributed by atoms with E-state index in [9.17, 15) is 18.0 Å². The summed E-state index contributed by atoms with van der Waals surface area (Å²) >= 11 is 1.59. The molecule has 3 rings (SSSR count). The molecule has 0 saturated carbocycles. The number of aliphatic carboxylic acids is 1. The molecule has 1 fully saturated rings. The third kappa shape index (κ3) is 8.45. The number of carbonyl (C=O) groups is 1. The first-order valence-corrected chi connectivity index (χ1v) is 12.0. The Morgan fingerprint density at radius 1 is 1.24 bits per heavy atom. The zero-order valence-electron chi connectivity index (χ0n) is 19.3. The van der Waals surface area contributed by atoms with Crippen molar-refractivity contribution in [2.75, 3.05) is 38.6 Å². The van der Waals surface area contributed by atoms with Gasteiger partial charge in [0.25, 0.3) is 0 Å². The molecule has 1 atom stereocenters. The van der Waals surface area contributed by atoms with Gasteiger partial charge in [-0.2, -0.15) is 13.2 Å². The molecular weight excluding hydrogens is 465 g/mol. The number of rotatable bonds is 7. The molecule has 34 heavy (non-hydrogen) atoms. The van der Waals surface area contributed by atoms with E-state index >= 15 is 0 Å². The third-order valence-corrected chi connectivity index (χ3v) is 6.64. The van der Waals surface area contributed by atoms with Crippen molar-refractivity contribution in [2.24, 2.45) is 4.99 Å². The van der Waals surface area contributed by atoms with E-state index in [0.29, 0.717) is 0 Å². The Morgan fingerprint density at radius 2 is 1.88 bits per heavy atom. The summed E-state index contributed by atoms with van der Waals surface area (Å²) in [5, 5.41) is 9.47. The zero-order chi connectivity index (χ0) is 25.1. The van der Waals surface area contributed by atoms with Gasteiger partial charge in [0.15, 0.2) is 0 Å². The summed E-state index contributed by atoms with van der Waals surface area (Å²) < 4.78 is 43.5. The Labute approximate surface area is 203 Å². The van der Waals surface area contributed by atoms with Gasteiger partial charge in [-0.25, -0.2) is 4.79 Å². The van der Waals surface area contributed by atoms with E-state index in [-0.39, 0.29) is 19.3 Å². The second-order valence-corrected chi connectivity index (χ2v) is 8.74. The highest BCUT2D eigenvalue weighted by atomic mass is 32.2. The van der Waals surface area contributed by atoms with Crippen LogP contribution in [-0.2, 0) is 15.7 Å². The normalized spacial score (nSPS) is 21.6. The Hall–Kier alpha value is -2.36. The second-order valence-electron chi connectivity index (χ2n) is 7.73. The van der Waals surface area contributed by atoms with Crippen molar-refractivity contribution in [3.8, 4) is 0 Å². The molecule has 0 aromatic heterocycles. The molecule has 186 valence electrons. The van der Waals surface area contributed by atoms with Crippen LogP contribution in [0.1, 0.15) is 30.9 Å². The minimum absolute atomic E-state index is 0.107. The fraction of sp³-hybridized carbons (Fsp3) is 0.440. The Morgan fingerprint density at radius 3 is 2.47 bits per heavy atom. The van der Waals surface area contributed by atoms with Gasteiger partial charge in [0.2, 0.25) is 0 Å². The van der Waals surface area contributed by atoms with Crippen LogP contribution < -0.4 is 0 Å². The van der Waals surface area contributed by atoms with Crippen molar-refractivity contribution in [1.82, 2.24) is 4.90 Å². The first-order valence-electron chi connectivity index (χ1n) is 11.0. The molecule has 5 nitrogen and oxygen atoms in total. The number of ether oxygens (including phenoxy) is 1. The van der Waals surface area contributed by atoms with Gasteiger partial charge in [-0.05, 0) is 43.0 Å². The first kappa shape index (κ1) is 27.9. The fourth-order valence-electron chi connectivity index (χ4n) is 3.81. The summed E-state index contributed by atoms with van der Waals surface area (Å²) in [6, 6.07) is 5.30. The summed E-state index contributed by atoms with van der Waals surface area (Å²) in [6.07, 6.45) is 1.48. The summed E-state index contributed by atoms with van der Waals surface area (Å²) in [6.45, 7) is 10.6. The lowest BCUT2D eigenvalue weighted by atomic mass is 10.0. The molecule has 0 amide bonds. The van der Waals surface area contributed by atoms with Crippen molar-refractivity contribution in [3.05, 3.63) is 71.8 Å². The topological polar surface area (TPSA) is 62.1 Å². The predicted octanol–water partition coefficient (Wildman–Crippen LogP) is 5.44. The van der Waals surface area contributed by atoms with Gasteiger partial charge in [-0.1, -0.05) is 24.3 Å². The number of benzene rings is 1. The van der Waals surface area contributed by atoms with Gasteiger partial charge in [-0.15, -0.1) is 24.9 Å². The van der Waals surface area contributed by atoms with Crippen LogP contribution in [0.15, 0.2) is 65.7 Å². The van der Waals surface area contributed by atoms with E-state index < -0.39 is 17.7 Å². The molecule has 2 heterocycles. The SMILES string of the molecule is C/C=C1/CCN(CC2CSC(c3ccc(C(F)(F)F)cc3)=N2)CC/C1=C/COCC(=O)O.C=C. The highest BCUT2D eigenvalue weighted by Crippen LogP contribution is 2.31. The molecule has 1 N–H and O–H groups in total. The smallest absolute Gasteiger partial charge is 0.416 e. The zero-order valence-corrected chi connectivity index (χ0v) is 20.1. The molecule has 1 aromatic rings. The van der Waals surface area contributed by atoms with Gasteiger partial charge >= 0.3 is 12.1 Å². The Kier molecular flexibility index (Phi) is 11.1. The number of carboxylic acids is 1. The van der Waals surface area contributed by atoms with Gasteiger partial charge in [0.05, 0.1) is 23.3 Å². The number of carboxylic acid groups (broad SMARTS) is 1. The quantitative estimate of drug-likeness (QED) is 0.402. The number of halogens is 3. The number of likely N-dealkylation sites (tertiary alicyclic amines) is 1. The monoisotopic (exact) mass is 496 g/mol. The number of thioether (sulfide) groups is 1. The van der Waals surface area contributed by atoms with E-state index in [1.54, 1.807) is 11.8 Å². The number of alkyl halides is 3. The molecule has 9 heteroatoms. The lowest BCUT2D eigenvalue weighted by Gasteiger charge is -2.21. The molecule has 1 unspecified atom stereocenters. The van der Waals surface area contributed by atoms with E-state index in [1.807, 2.05) is 13.0 Å². The van der Waals surface area contributed by atoms with Crippen LogP contribution in [0.3, 0.4) is 0 Å². The number of hydrogen-bond acceptors (Lipinski definition) is 5. The number of nitrogens with zero attached hydrogens (tertiary/aromatic N) is 2. The van der Waals surface area contributed by atoms with Crippen molar-refractivity contribution in [1.29, 1.82) is 0 Å². The maximum atomic E-state index is 12.8. The Balaban J connectivity index is 0.00000199. The van der Waals surface area contributed by atoms with Gasteiger partial charge < -0.3 is 14.7 Å². The highest BCUT2D eigenvalue weighted by molar-refractivity contribution is 8.14. The van der Waals surface area contributed by atoms with Crippen molar-refractivity contribution in [2.45, 2.75) is 32.0 Å². The molecule has 0 spiro atoms. The molecule has 0 aliphatic carbocycles. The largest absolute Gasteiger partial charge is 0.480 e. The van der Waals surface area contributed by atoms with Crippen molar-refractivity contribution in [3.63, 3.8) is 0 Å². The van der Waals surface area contributed by atoms with E-state index in [2.05, 4.69) is 24.1 Å². The molecule has 1 aromatic carbocycles. The van der Waals surface area contributed by atoms with Crippen molar-refractivity contribution < 1.29 is 27.8 Å². The summed E-state index contributed by atoms with van der Waals surface area (Å²) in [7, 11) is 0. The summed E-state index contributed by atoms with van der Waals surface area (Å²) in [4.78, 5) is 17.7. The molecule has 2 aliphatic heterocycles. The van der Waals surface area contributed by atoms with Gasteiger partial charge in [0, 0.05) is 31.0 Å². The maximum Gasteiger partial charge on any atom is 0.416 e. The summed E-state index contributed by atoms with van der Waals surface area (Å²) in [5.41, 5.74) is 2.52. The fourth-order valence-corrected chi connectivity index (χ4v) is 4.86. The number of allylic oxidation sites excluding steroid dienone is 1. The standard InChI is InChI=1S/C23H27F3N2O3S.C2H4/c1-2-16-7-10-28(11-8-17(16)9-12-31-14-21(29)30)13-20-15-32-22(27-20)18-3-5-19(6-4-18)23(24,25)26;1-2/h2-6,9,20H,7-8,10-15H2,1H3,(H,29,30);1-2H2/b16-2-,17-9-;. The van der Waals surface area contributed by atoms with Crippen LogP contribution >= 0.6 is 11.8 Å². The first-order chi connectivity index (χ1) is 16.3. The summed E-state index contributed by atoms with van der Waals surface area (Å²) in [5.74, 6) is -0.165. The van der Waals surface area contributed by atoms with Gasteiger partial charge in [-0.3, -0.25) is 4.99 Å². The Bertz CT molecular complexity index is 911. The highest BCUT2D eigenvalue weighted by Gasteiger charge is 2.30. The minimum Gasteiger partial charge on any atom is -0.480 e. The van der Waals surface area contributed by atoms with Crippen LogP contribution in [0, 0.1) is 0 Å². The predicted molar refractivity (Wildman–Crippen MR) is 131 cm³/mol. The van der Waals surface area contributed by atoms with E-state index in [4.69, 9.17) is 14.8 Å². The maximum absolute atomic E-state index is 12.8. The molecule has 0 bridgehead atoms. The average molecular weight is 497 g/mol. The van der Waals surface area contributed by atoms with Crippen LogP contribution in [0.5, 0.6) is 0 Å². The molecule has 0 radical (unpaired) electrons. The number of aliphatic imine (C=N–C) groups is 1. The van der Waals surface area contributed by atoms with Crippen LogP contribution in [-0.4, -0.2) is 65.7 Å². The lowest BCUT2D eigenvalue weighted by Crippen LogP contribution is -2.32. The van der Waals surface area contributed by atoms with E-state index in [1.165, 1.54) is 23.3 Å². The second kappa shape index (κ2) is 13.5. The molecule has 1 saturated heterocycles. The third-order valence-electron chi connectivity index (χ3n) is 5.47. The molecule has 2 aliphatic rings. The van der Waals surface area contributed by atoms with Crippen LogP contribution in [0.2, 0.25) is 0 Å². The van der Waals surface area contributed by atoms with Crippen molar-refractivity contribution >= 4 is 22.8 Å². The number of hydrogen-bond donors (Lipinski definition) is 1. The lowest BCUT2D eigenvalue weighted by molar-refractivity contribution is -0.141. The minimum atomic E-state index is -4.33. The van der Waals surface area contributed by atoms with Crippen LogP contribution in [0.25, 0.3) is 0 Å². The van der Waals surface area contributed by atoms with E-state index in [0.717, 1.165) is 61.0 Å². The average Bonchev–Trinajstić information content (AvgIpc) is 3.19.